The highest BCUT2D eigenvalue weighted by atomic mass is 16.7. The molecule has 1 aliphatic heterocycles. The summed E-state index contributed by atoms with van der Waals surface area (Å²) in [6, 6.07) is 10.5. The molecule has 0 radical (unpaired) electrons. The largest absolute Gasteiger partial charge is 0.396 e. The van der Waals surface area contributed by atoms with Crippen LogP contribution < -0.4 is 0 Å². The predicted octanol–water partition coefficient (Wildman–Crippen LogP) is 2.37. The first-order chi connectivity index (χ1) is 10.0. The van der Waals surface area contributed by atoms with E-state index in [4.69, 9.17) is 14.6 Å². The SMILES string of the molecule is CC(C)N(CCCO)CC1COC(C)(c2ccccc2)O1. The number of benzene rings is 1. The lowest BCUT2D eigenvalue weighted by molar-refractivity contribution is -0.164. The lowest BCUT2D eigenvalue weighted by atomic mass is 10.1. The van der Waals surface area contributed by atoms with Gasteiger partial charge in [-0.15, -0.1) is 0 Å². The molecule has 4 heteroatoms. The Balaban J connectivity index is 1.95. The van der Waals surface area contributed by atoms with E-state index >= 15 is 0 Å². The van der Waals surface area contributed by atoms with Gasteiger partial charge in [0, 0.05) is 31.3 Å². The Hall–Kier alpha value is -0.940. The second-order valence-electron chi connectivity index (χ2n) is 6.03. The first kappa shape index (κ1) is 16.4. The van der Waals surface area contributed by atoms with E-state index in [1.165, 1.54) is 0 Å². The summed E-state index contributed by atoms with van der Waals surface area (Å²) in [7, 11) is 0. The first-order valence-corrected chi connectivity index (χ1v) is 7.77. The summed E-state index contributed by atoms with van der Waals surface area (Å²) in [4.78, 5) is 2.33. The number of aliphatic hydroxyl groups excluding tert-OH is 1. The molecule has 0 aliphatic carbocycles. The first-order valence-electron chi connectivity index (χ1n) is 7.77. The maximum absolute atomic E-state index is 9.01. The third kappa shape index (κ3) is 4.27. The summed E-state index contributed by atoms with van der Waals surface area (Å²) in [6.45, 7) is 8.87. The molecule has 0 amide bonds. The van der Waals surface area contributed by atoms with Gasteiger partial charge < -0.3 is 14.6 Å². The van der Waals surface area contributed by atoms with E-state index < -0.39 is 5.79 Å². The minimum Gasteiger partial charge on any atom is -0.396 e. The monoisotopic (exact) mass is 293 g/mol. The summed E-state index contributed by atoms with van der Waals surface area (Å²) in [5, 5.41) is 9.01. The third-order valence-corrected chi connectivity index (χ3v) is 4.01. The molecule has 1 saturated heterocycles. The molecule has 2 rings (SSSR count). The van der Waals surface area contributed by atoms with E-state index in [1.807, 2.05) is 37.3 Å². The molecular formula is C17H27NO3. The van der Waals surface area contributed by atoms with Gasteiger partial charge in [-0.05, 0) is 27.2 Å². The molecule has 0 aromatic heterocycles. The molecule has 1 aromatic rings. The fourth-order valence-electron chi connectivity index (χ4n) is 2.72. The van der Waals surface area contributed by atoms with Crippen LogP contribution in [0.1, 0.15) is 32.8 Å². The van der Waals surface area contributed by atoms with Crippen LogP contribution in [0.2, 0.25) is 0 Å². The molecule has 1 N–H and O–H groups in total. The van der Waals surface area contributed by atoms with Crippen molar-refractivity contribution >= 4 is 0 Å². The highest BCUT2D eigenvalue weighted by molar-refractivity contribution is 5.20. The van der Waals surface area contributed by atoms with Crippen molar-refractivity contribution in [1.29, 1.82) is 0 Å². The topological polar surface area (TPSA) is 41.9 Å². The average Bonchev–Trinajstić information content (AvgIpc) is 2.87. The Morgan fingerprint density at radius 1 is 1.33 bits per heavy atom. The molecule has 1 aliphatic rings. The third-order valence-electron chi connectivity index (χ3n) is 4.01. The molecule has 1 aromatic carbocycles. The second kappa shape index (κ2) is 7.36. The van der Waals surface area contributed by atoms with Gasteiger partial charge in [-0.25, -0.2) is 0 Å². The van der Waals surface area contributed by atoms with Gasteiger partial charge in [-0.1, -0.05) is 30.3 Å². The normalized spacial score (nSPS) is 25.9. The van der Waals surface area contributed by atoms with Crippen LogP contribution in [0.5, 0.6) is 0 Å². The van der Waals surface area contributed by atoms with Gasteiger partial charge >= 0.3 is 0 Å². The Labute approximate surface area is 127 Å². The second-order valence-corrected chi connectivity index (χ2v) is 6.03. The standard InChI is InChI=1S/C17H27NO3/c1-14(2)18(10-7-11-19)12-16-13-20-17(3,21-16)15-8-5-4-6-9-15/h4-6,8-9,14,16,19H,7,10-13H2,1-3H3. The van der Waals surface area contributed by atoms with Crippen LogP contribution in [0.25, 0.3) is 0 Å². The Morgan fingerprint density at radius 2 is 2.05 bits per heavy atom. The summed E-state index contributed by atoms with van der Waals surface area (Å²) < 4.78 is 12.1. The van der Waals surface area contributed by atoms with E-state index in [-0.39, 0.29) is 12.7 Å². The van der Waals surface area contributed by atoms with Crippen molar-refractivity contribution in [3.05, 3.63) is 35.9 Å². The maximum atomic E-state index is 9.01. The molecule has 0 spiro atoms. The molecule has 21 heavy (non-hydrogen) atoms. The lowest BCUT2D eigenvalue weighted by Crippen LogP contribution is -2.40. The lowest BCUT2D eigenvalue weighted by Gasteiger charge is -2.29. The number of aliphatic hydroxyl groups is 1. The average molecular weight is 293 g/mol. The Morgan fingerprint density at radius 3 is 2.67 bits per heavy atom. The Bertz CT molecular complexity index is 423. The molecule has 2 atom stereocenters. The zero-order valence-electron chi connectivity index (χ0n) is 13.3. The number of nitrogens with zero attached hydrogens (tertiary/aromatic N) is 1. The number of rotatable bonds is 7. The van der Waals surface area contributed by atoms with Crippen LogP contribution in [-0.4, -0.2) is 48.5 Å². The van der Waals surface area contributed by atoms with Crippen LogP contribution >= 0.6 is 0 Å². The molecule has 1 heterocycles. The molecule has 0 bridgehead atoms. The predicted molar refractivity (Wildman–Crippen MR) is 83.0 cm³/mol. The molecule has 2 unspecified atom stereocenters. The fourth-order valence-corrected chi connectivity index (χ4v) is 2.72. The number of hydrogen-bond acceptors (Lipinski definition) is 4. The van der Waals surface area contributed by atoms with Crippen LogP contribution in [-0.2, 0) is 15.3 Å². The molecular weight excluding hydrogens is 266 g/mol. The summed E-state index contributed by atoms with van der Waals surface area (Å²) >= 11 is 0. The fraction of sp³-hybridized carbons (Fsp3) is 0.647. The van der Waals surface area contributed by atoms with Crippen molar-refractivity contribution in [3.8, 4) is 0 Å². The van der Waals surface area contributed by atoms with Crippen LogP contribution in [0, 0.1) is 0 Å². The van der Waals surface area contributed by atoms with Crippen LogP contribution in [0.3, 0.4) is 0 Å². The van der Waals surface area contributed by atoms with E-state index in [0.717, 1.165) is 25.1 Å². The zero-order valence-corrected chi connectivity index (χ0v) is 13.3. The van der Waals surface area contributed by atoms with E-state index in [0.29, 0.717) is 12.6 Å². The minimum absolute atomic E-state index is 0.0660. The summed E-state index contributed by atoms with van der Waals surface area (Å²) in [5.74, 6) is -0.647. The van der Waals surface area contributed by atoms with Gasteiger partial charge in [-0.2, -0.15) is 0 Å². The molecule has 1 fully saturated rings. The van der Waals surface area contributed by atoms with Crippen molar-refractivity contribution in [2.45, 2.75) is 45.1 Å². The van der Waals surface area contributed by atoms with Gasteiger partial charge in [0.2, 0.25) is 0 Å². The quantitative estimate of drug-likeness (QED) is 0.838. The van der Waals surface area contributed by atoms with E-state index in [1.54, 1.807) is 0 Å². The maximum Gasteiger partial charge on any atom is 0.192 e. The van der Waals surface area contributed by atoms with Gasteiger partial charge in [0.05, 0.1) is 12.7 Å². The highest BCUT2D eigenvalue weighted by Crippen LogP contribution is 2.33. The van der Waals surface area contributed by atoms with Crippen molar-refractivity contribution in [2.24, 2.45) is 0 Å². The summed E-state index contributed by atoms with van der Waals surface area (Å²) in [5.41, 5.74) is 1.05. The van der Waals surface area contributed by atoms with Crippen LogP contribution in [0.4, 0.5) is 0 Å². The van der Waals surface area contributed by atoms with Crippen LogP contribution in [0.15, 0.2) is 30.3 Å². The number of ether oxygens (including phenoxy) is 2. The van der Waals surface area contributed by atoms with E-state index in [2.05, 4.69) is 18.7 Å². The minimum atomic E-state index is -0.647. The summed E-state index contributed by atoms with van der Waals surface area (Å²) in [6.07, 6.45) is 0.859. The van der Waals surface area contributed by atoms with Crippen molar-refractivity contribution in [1.82, 2.24) is 4.90 Å². The smallest absolute Gasteiger partial charge is 0.192 e. The highest BCUT2D eigenvalue weighted by Gasteiger charge is 2.39. The van der Waals surface area contributed by atoms with E-state index in [9.17, 15) is 0 Å². The van der Waals surface area contributed by atoms with Crippen molar-refractivity contribution in [3.63, 3.8) is 0 Å². The van der Waals surface area contributed by atoms with Gasteiger partial charge in [0.1, 0.15) is 0 Å². The van der Waals surface area contributed by atoms with Gasteiger partial charge in [-0.3, -0.25) is 4.90 Å². The zero-order chi connectivity index (χ0) is 15.3. The van der Waals surface area contributed by atoms with Crippen molar-refractivity contribution < 1.29 is 14.6 Å². The Kier molecular flexibility index (Phi) is 5.76. The molecule has 0 saturated carbocycles. The van der Waals surface area contributed by atoms with Gasteiger partial charge in [0.15, 0.2) is 5.79 Å². The van der Waals surface area contributed by atoms with Crippen molar-refractivity contribution in [2.75, 3.05) is 26.3 Å². The number of hydrogen-bond donors (Lipinski definition) is 1. The molecule has 118 valence electrons. The molecule has 4 nitrogen and oxygen atoms in total. The van der Waals surface area contributed by atoms with Gasteiger partial charge in [0.25, 0.3) is 0 Å².